The van der Waals surface area contributed by atoms with Crippen LogP contribution in [0.25, 0.3) is 0 Å². The Hall–Kier alpha value is -0.580. The van der Waals surface area contributed by atoms with Gasteiger partial charge in [0, 0.05) is 25.6 Å². The zero-order valence-electron chi connectivity index (χ0n) is 9.57. The highest BCUT2D eigenvalue weighted by atomic mass is 35.5. The van der Waals surface area contributed by atoms with Crippen molar-refractivity contribution in [1.82, 2.24) is 10.6 Å². The standard InChI is InChI=1S/C12H16N2OS.ClH/c15-12(14-7-8-5-13-6-8)11-10(3-4-16-11)9-1-2-9;/h3-4,8-9,13H,1-2,5-7H2,(H,14,15);1H. The Kier molecular flexibility index (Phi) is 4.07. The summed E-state index contributed by atoms with van der Waals surface area (Å²) in [5, 5.41) is 8.29. The van der Waals surface area contributed by atoms with Crippen LogP contribution in [0.4, 0.5) is 0 Å². The predicted molar refractivity (Wildman–Crippen MR) is 72.2 cm³/mol. The summed E-state index contributed by atoms with van der Waals surface area (Å²) in [4.78, 5) is 12.9. The number of halogens is 1. The first-order chi connectivity index (χ1) is 7.84. The topological polar surface area (TPSA) is 41.1 Å². The van der Waals surface area contributed by atoms with Crippen molar-refractivity contribution in [3.05, 3.63) is 21.9 Å². The molecule has 5 heteroatoms. The van der Waals surface area contributed by atoms with Crippen LogP contribution in [-0.4, -0.2) is 25.5 Å². The monoisotopic (exact) mass is 272 g/mol. The van der Waals surface area contributed by atoms with Crippen molar-refractivity contribution < 1.29 is 4.79 Å². The van der Waals surface area contributed by atoms with Crippen LogP contribution in [-0.2, 0) is 0 Å². The Balaban J connectivity index is 0.00000108. The molecule has 2 heterocycles. The van der Waals surface area contributed by atoms with Gasteiger partial charge >= 0.3 is 0 Å². The molecule has 1 aromatic heterocycles. The van der Waals surface area contributed by atoms with E-state index in [4.69, 9.17) is 0 Å². The zero-order chi connectivity index (χ0) is 11.0. The third kappa shape index (κ3) is 2.81. The fourth-order valence-electron chi connectivity index (χ4n) is 2.03. The lowest BCUT2D eigenvalue weighted by atomic mass is 10.0. The van der Waals surface area contributed by atoms with Gasteiger partial charge < -0.3 is 10.6 Å². The number of carbonyl (C=O) groups is 1. The number of rotatable bonds is 4. The van der Waals surface area contributed by atoms with Crippen LogP contribution in [0.1, 0.15) is 34.0 Å². The molecular weight excluding hydrogens is 256 g/mol. The molecule has 0 unspecified atom stereocenters. The largest absolute Gasteiger partial charge is 0.351 e. The van der Waals surface area contributed by atoms with E-state index in [-0.39, 0.29) is 18.3 Å². The minimum atomic E-state index is 0. The summed E-state index contributed by atoms with van der Waals surface area (Å²) in [6.45, 7) is 2.90. The molecule has 1 saturated carbocycles. The van der Waals surface area contributed by atoms with Crippen LogP contribution in [0.3, 0.4) is 0 Å². The molecule has 1 aromatic rings. The Bertz CT molecular complexity index is 399. The van der Waals surface area contributed by atoms with Gasteiger partial charge in [-0.25, -0.2) is 0 Å². The van der Waals surface area contributed by atoms with Gasteiger partial charge in [0.05, 0.1) is 4.88 Å². The number of nitrogens with one attached hydrogen (secondary N) is 2. The van der Waals surface area contributed by atoms with Crippen molar-refractivity contribution >= 4 is 29.7 Å². The van der Waals surface area contributed by atoms with Crippen LogP contribution >= 0.6 is 23.7 Å². The SMILES string of the molecule is Cl.O=C(NCC1CNC1)c1sccc1C1CC1. The molecule has 1 saturated heterocycles. The molecule has 3 nitrogen and oxygen atoms in total. The Morgan fingerprint density at radius 3 is 2.82 bits per heavy atom. The molecule has 0 aromatic carbocycles. The van der Waals surface area contributed by atoms with E-state index in [1.807, 2.05) is 5.38 Å². The maximum atomic E-state index is 12.0. The lowest BCUT2D eigenvalue weighted by Gasteiger charge is -2.27. The second-order valence-corrected chi connectivity index (χ2v) is 5.63. The van der Waals surface area contributed by atoms with Crippen molar-refractivity contribution in [2.75, 3.05) is 19.6 Å². The normalized spacial score (nSPS) is 19.3. The van der Waals surface area contributed by atoms with Crippen LogP contribution in [0.2, 0.25) is 0 Å². The molecule has 3 rings (SSSR count). The molecule has 0 bridgehead atoms. The average Bonchev–Trinajstić information content (AvgIpc) is 2.93. The molecule has 0 atom stereocenters. The van der Waals surface area contributed by atoms with E-state index in [0.29, 0.717) is 11.8 Å². The molecule has 1 amide bonds. The number of carbonyl (C=O) groups excluding carboxylic acids is 1. The molecule has 0 radical (unpaired) electrons. The number of amides is 1. The fourth-order valence-corrected chi connectivity index (χ4v) is 2.93. The minimum Gasteiger partial charge on any atom is -0.351 e. The third-order valence-electron chi connectivity index (χ3n) is 3.34. The summed E-state index contributed by atoms with van der Waals surface area (Å²) in [5.74, 6) is 1.43. The molecule has 17 heavy (non-hydrogen) atoms. The smallest absolute Gasteiger partial charge is 0.261 e. The highest BCUT2D eigenvalue weighted by Gasteiger charge is 2.29. The van der Waals surface area contributed by atoms with Gasteiger partial charge in [-0.15, -0.1) is 23.7 Å². The van der Waals surface area contributed by atoms with Crippen molar-refractivity contribution in [2.45, 2.75) is 18.8 Å². The summed E-state index contributed by atoms with van der Waals surface area (Å²) in [6, 6.07) is 2.11. The second-order valence-electron chi connectivity index (χ2n) is 4.71. The average molecular weight is 273 g/mol. The maximum absolute atomic E-state index is 12.0. The van der Waals surface area contributed by atoms with E-state index in [9.17, 15) is 4.79 Å². The summed E-state index contributed by atoms with van der Waals surface area (Å²) in [6.07, 6.45) is 2.51. The van der Waals surface area contributed by atoms with Crippen LogP contribution in [0, 0.1) is 5.92 Å². The fraction of sp³-hybridized carbons (Fsp3) is 0.583. The Morgan fingerprint density at radius 2 is 2.24 bits per heavy atom. The zero-order valence-corrected chi connectivity index (χ0v) is 11.2. The van der Waals surface area contributed by atoms with E-state index in [2.05, 4.69) is 16.7 Å². The van der Waals surface area contributed by atoms with E-state index in [1.165, 1.54) is 18.4 Å². The van der Waals surface area contributed by atoms with Gasteiger partial charge in [-0.05, 0) is 35.8 Å². The summed E-state index contributed by atoms with van der Waals surface area (Å²) in [7, 11) is 0. The highest BCUT2D eigenvalue weighted by molar-refractivity contribution is 7.12. The second kappa shape index (κ2) is 5.38. The van der Waals surface area contributed by atoms with Crippen molar-refractivity contribution in [3.8, 4) is 0 Å². The number of hydrogen-bond donors (Lipinski definition) is 2. The Labute approximate surface area is 111 Å². The van der Waals surface area contributed by atoms with Crippen molar-refractivity contribution in [3.63, 3.8) is 0 Å². The summed E-state index contributed by atoms with van der Waals surface area (Å²) >= 11 is 1.58. The molecule has 94 valence electrons. The van der Waals surface area contributed by atoms with Gasteiger partial charge in [0.2, 0.25) is 0 Å². The molecule has 1 aliphatic heterocycles. The number of thiophene rings is 1. The van der Waals surface area contributed by atoms with E-state index < -0.39 is 0 Å². The molecular formula is C12H17ClN2OS. The molecule has 0 spiro atoms. The van der Waals surface area contributed by atoms with Gasteiger partial charge in [0.25, 0.3) is 5.91 Å². The lowest BCUT2D eigenvalue weighted by Crippen LogP contribution is -2.48. The van der Waals surface area contributed by atoms with Gasteiger partial charge in [-0.1, -0.05) is 0 Å². The third-order valence-corrected chi connectivity index (χ3v) is 4.27. The van der Waals surface area contributed by atoms with E-state index in [1.54, 1.807) is 11.3 Å². The quantitative estimate of drug-likeness (QED) is 0.880. The van der Waals surface area contributed by atoms with Crippen LogP contribution in [0.15, 0.2) is 11.4 Å². The number of hydrogen-bond acceptors (Lipinski definition) is 3. The first-order valence-corrected chi connectivity index (χ1v) is 6.79. The molecule has 1 aliphatic carbocycles. The van der Waals surface area contributed by atoms with Gasteiger partial charge in [0.15, 0.2) is 0 Å². The van der Waals surface area contributed by atoms with Gasteiger partial charge in [-0.3, -0.25) is 4.79 Å². The summed E-state index contributed by atoms with van der Waals surface area (Å²) in [5.41, 5.74) is 1.27. The predicted octanol–water partition coefficient (Wildman–Crippen LogP) is 2.00. The van der Waals surface area contributed by atoms with Crippen molar-refractivity contribution in [1.29, 1.82) is 0 Å². The molecule has 2 aliphatic rings. The van der Waals surface area contributed by atoms with E-state index in [0.717, 1.165) is 24.5 Å². The first kappa shape index (κ1) is 12.9. The van der Waals surface area contributed by atoms with Gasteiger partial charge in [-0.2, -0.15) is 0 Å². The summed E-state index contributed by atoms with van der Waals surface area (Å²) < 4.78 is 0. The maximum Gasteiger partial charge on any atom is 0.261 e. The Morgan fingerprint density at radius 1 is 1.47 bits per heavy atom. The first-order valence-electron chi connectivity index (χ1n) is 5.91. The van der Waals surface area contributed by atoms with Crippen LogP contribution in [0.5, 0.6) is 0 Å². The molecule has 2 N–H and O–H groups in total. The minimum absolute atomic E-state index is 0. The van der Waals surface area contributed by atoms with E-state index >= 15 is 0 Å². The highest BCUT2D eigenvalue weighted by Crippen LogP contribution is 2.43. The lowest BCUT2D eigenvalue weighted by molar-refractivity contribution is 0.0945. The van der Waals surface area contributed by atoms with Crippen molar-refractivity contribution in [2.24, 2.45) is 5.92 Å². The van der Waals surface area contributed by atoms with Crippen LogP contribution < -0.4 is 10.6 Å². The molecule has 2 fully saturated rings. The van der Waals surface area contributed by atoms with Gasteiger partial charge in [0.1, 0.15) is 0 Å².